The molecule has 0 unspecified atom stereocenters. The third-order valence-corrected chi connectivity index (χ3v) is 10.6. The molecule has 1 aromatic heterocycles. The van der Waals surface area contributed by atoms with Crippen LogP contribution in [0.5, 0.6) is 0 Å². The van der Waals surface area contributed by atoms with Crippen molar-refractivity contribution in [2.45, 2.75) is 19.3 Å². The lowest BCUT2D eigenvalue weighted by molar-refractivity contribution is 0.660. The second kappa shape index (κ2) is 10.0. The third-order valence-electron chi connectivity index (χ3n) is 10.6. The van der Waals surface area contributed by atoms with Crippen LogP contribution < -0.4 is 0 Å². The van der Waals surface area contributed by atoms with E-state index in [1.807, 2.05) is 18.2 Å². The Hall–Kier alpha value is -5.92. The maximum absolute atomic E-state index is 7.99. The molecule has 1 heterocycles. The minimum absolute atomic E-state index is 0.0952. The zero-order chi connectivity index (χ0) is 32.9. The first-order valence-electron chi connectivity index (χ1n) is 17.2. The predicted octanol–water partition coefficient (Wildman–Crippen LogP) is 13.2. The maximum Gasteiger partial charge on any atom is 0.144 e. The van der Waals surface area contributed by atoms with Crippen molar-refractivity contribution in [1.82, 2.24) is 0 Å². The summed E-state index contributed by atoms with van der Waals surface area (Å²) in [6.07, 6.45) is 0. The molecule has 0 saturated heterocycles. The number of benzene rings is 8. The van der Waals surface area contributed by atoms with Crippen molar-refractivity contribution in [2.75, 3.05) is 0 Å². The van der Waals surface area contributed by atoms with Crippen LogP contribution in [0.1, 0.15) is 26.3 Å². The van der Waals surface area contributed by atoms with Crippen LogP contribution in [0.15, 0.2) is 162 Å². The number of furan rings is 1. The van der Waals surface area contributed by atoms with Crippen molar-refractivity contribution >= 4 is 43.5 Å². The molecule has 1 nitrogen and oxygen atoms in total. The summed E-state index contributed by atoms with van der Waals surface area (Å²) >= 11 is 0. The van der Waals surface area contributed by atoms with E-state index in [0.717, 1.165) is 55.0 Å². The van der Waals surface area contributed by atoms with Gasteiger partial charge < -0.3 is 4.42 Å². The molecule has 1 aliphatic carbocycles. The van der Waals surface area contributed by atoms with Gasteiger partial charge in [0.1, 0.15) is 11.2 Å². The normalized spacial score (nSPS) is 13.7. The molecule has 9 aromatic rings. The van der Waals surface area contributed by atoms with Gasteiger partial charge in [0.25, 0.3) is 0 Å². The van der Waals surface area contributed by atoms with E-state index in [0.29, 0.717) is 6.04 Å². The minimum Gasteiger partial charge on any atom is -0.455 e. The van der Waals surface area contributed by atoms with E-state index in [1.54, 1.807) is 0 Å². The van der Waals surface area contributed by atoms with Crippen molar-refractivity contribution in [1.29, 1.82) is 0 Å². The molecule has 8 aromatic carbocycles. The van der Waals surface area contributed by atoms with E-state index in [-0.39, 0.29) is 5.41 Å². The Morgan fingerprint density at radius 3 is 2.00 bits per heavy atom. The summed E-state index contributed by atoms with van der Waals surface area (Å²) in [6.45, 7) is 4.68. The standard InChI is InChI=1S/C47H32O/c1-47(2)39-19-9-7-16-36(39)43-38(18-11-20-40(43)47)44-35-15-6-5-14-34(35)42(45-37-17-8-10-21-41(37)48-46(44)45)31-25-22-30(23-26-31)33-27-24-29-12-3-4-13-32(29)28-33/h3-28H,1-2H3/i3D. The van der Waals surface area contributed by atoms with Crippen LogP contribution in [-0.2, 0) is 5.41 Å². The lowest BCUT2D eigenvalue weighted by Crippen LogP contribution is -2.14. The molecule has 0 radical (unpaired) electrons. The highest BCUT2D eigenvalue weighted by atomic mass is 16.3. The molecular weight excluding hydrogens is 581 g/mol. The van der Waals surface area contributed by atoms with Crippen molar-refractivity contribution in [2.24, 2.45) is 0 Å². The van der Waals surface area contributed by atoms with Crippen LogP contribution in [0.4, 0.5) is 0 Å². The van der Waals surface area contributed by atoms with E-state index < -0.39 is 0 Å². The molecule has 0 saturated carbocycles. The molecule has 1 heteroatoms. The van der Waals surface area contributed by atoms with Crippen LogP contribution in [0, 0.1) is 0 Å². The van der Waals surface area contributed by atoms with Crippen LogP contribution >= 0.6 is 0 Å². The minimum atomic E-state index is -0.0952. The first-order chi connectivity index (χ1) is 24.0. The summed E-state index contributed by atoms with van der Waals surface area (Å²) in [7, 11) is 0. The Morgan fingerprint density at radius 1 is 0.479 bits per heavy atom. The second-order valence-electron chi connectivity index (χ2n) is 13.6. The van der Waals surface area contributed by atoms with E-state index in [9.17, 15) is 0 Å². The number of fused-ring (bicyclic) bond motifs is 8. The highest BCUT2D eigenvalue weighted by Crippen LogP contribution is 2.55. The Balaban J connectivity index is 1.25. The molecule has 0 amide bonds. The summed E-state index contributed by atoms with van der Waals surface area (Å²) in [5, 5.41) is 6.91. The lowest BCUT2D eigenvalue weighted by atomic mass is 9.81. The maximum atomic E-state index is 7.99. The van der Waals surface area contributed by atoms with Crippen molar-refractivity contribution in [3.8, 4) is 44.5 Å². The van der Waals surface area contributed by atoms with Gasteiger partial charge in [0.2, 0.25) is 0 Å². The Kier molecular flexibility index (Phi) is 5.48. The average Bonchev–Trinajstić information content (AvgIpc) is 3.63. The van der Waals surface area contributed by atoms with Gasteiger partial charge in [-0.05, 0) is 78.2 Å². The van der Waals surface area contributed by atoms with Gasteiger partial charge in [-0.2, -0.15) is 0 Å². The molecule has 0 aliphatic heterocycles. The molecule has 1 aliphatic rings. The monoisotopic (exact) mass is 613 g/mol. The van der Waals surface area contributed by atoms with Crippen LogP contribution in [0.3, 0.4) is 0 Å². The summed E-state index contributed by atoms with van der Waals surface area (Å²) in [5.41, 5.74) is 14.1. The topological polar surface area (TPSA) is 13.1 Å². The first-order valence-corrected chi connectivity index (χ1v) is 16.7. The fourth-order valence-electron chi connectivity index (χ4n) is 8.31. The van der Waals surface area contributed by atoms with Crippen LogP contribution in [0.2, 0.25) is 0 Å². The largest absolute Gasteiger partial charge is 0.455 e. The van der Waals surface area contributed by atoms with Gasteiger partial charge >= 0.3 is 0 Å². The molecule has 0 spiro atoms. The summed E-state index contributed by atoms with van der Waals surface area (Å²) < 4.78 is 14.9. The predicted molar refractivity (Wildman–Crippen MR) is 203 cm³/mol. The molecule has 0 bridgehead atoms. The fourth-order valence-corrected chi connectivity index (χ4v) is 8.31. The Morgan fingerprint density at radius 2 is 1.15 bits per heavy atom. The molecule has 0 fully saturated rings. The number of hydrogen-bond donors (Lipinski definition) is 0. The number of rotatable bonds is 3. The van der Waals surface area contributed by atoms with E-state index in [1.165, 1.54) is 44.2 Å². The van der Waals surface area contributed by atoms with Gasteiger partial charge in [-0.15, -0.1) is 0 Å². The Bertz CT molecular complexity index is 2800. The quantitative estimate of drug-likeness (QED) is 0.193. The fraction of sp³-hybridized carbons (Fsp3) is 0.0638. The van der Waals surface area contributed by atoms with Gasteiger partial charge in [-0.1, -0.05) is 159 Å². The first kappa shape index (κ1) is 26.2. The molecule has 226 valence electrons. The van der Waals surface area contributed by atoms with Gasteiger partial charge in [0, 0.05) is 27.3 Å². The Labute approximate surface area is 281 Å². The van der Waals surface area contributed by atoms with E-state index in [2.05, 4.69) is 147 Å². The van der Waals surface area contributed by atoms with Crippen LogP contribution in [-0.4, -0.2) is 0 Å². The highest BCUT2D eigenvalue weighted by Gasteiger charge is 2.37. The number of para-hydroxylation sites is 1. The summed E-state index contributed by atoms with van der Waals surface area (Å²) in [5.74, 6) is 0. The zero-order valence-corrected chi connectivity index (χ0v) is 26.8. The molecule has 48 heavy (non-hydrogen) atoms. The summed E-state index contributed by atoms with van der Waals surface area (Å²) in [6, 6.07) is 54.8. The highest BCUT2D eigenvalue weighted by molar-refractivity contribution is 6.27. The van der Waals surface area contributed by atoms with Gasteiger partial charge in [-0.3, -0.25) is 0 Å². The van der Waals surface area contributed by atoms with E-state index >= 15 is 0 Å². The van der Waals surface area contributed by atoms with Crippen LogP contribution in [0.25, 0.3) is 88.0 Å². The molecule has 0 atom stereocenters. The molecular formula is C47H32O. The summed E-state index contributed by atoms with van der Waals surface area (Å²) in [4.78, 5) is 0. The van der Waals surface area contributed by atoms with Gasteiger partial charge in [0.15, 0.2) is 0 Å². The van der Waals surface area contributed by atoms with E-state index in [4.69, 9.17) is 5.79 Å². The van der Waals surface area contributed by atoms with Crippen molar-refractivity contribution in [3.05, 3.63) is 169 Å². The lowest BCUT2D eigenvalue weighted by Gasteiger charge is -2.22. The zero-order valence-electron chi connectivity index (χ0n) is 27.8. The SMILES string of the molecule is [2H]c1ccc2cc(-c3ccc(-c4c5ccccc5c(-c5cccc6c5-c5ccccc5C6(C)C)c5oc6ccccc6c45)cc3)ccc2c1. The van der Waals surface area contributed by atoms with Gasteiger partial charge in [0.05, 0.1) is 1.37 Å². The smallest absolute Gasteiger partial charge is 0.144 e. The van der Waals surface area contributed by atoms with Crippen molar-refractivity contribution < 1.29 is 5.79 Å². The average molecular weight is 614 g/mol. The third kappa shape index (κ3) is 3.79. The molecule has 10 rings (SSSR count). The molecule has 0 N–H and O–H groups in total. The van der Waals surface area contributed by atoms with Gasteiger partial charge in [-0.25, -0.2) is 0 Å². The number of hydrogen-bond acceptors (Lipinski definition) is 1. The second-order valence-corrected chi connectivity index (χ2v) is 13.6. The van der Waals surface area contributed by atoms with Crippen molar-refractivity contribution in [3.63, 3.8) is 0 Å².